The lowest BCUT2D eigenvalue weighted by molar-refractivity contribution is 0.0940. The Hall–Kier alpha value is -2.73. The number of benzene rings is 1. The van der Waals surface area contributed by atoms with Gasteiger partial charge in [0.1, 0.15) is 18.3 Å². The SMILES string of the molecule is CC(C)(CNC(=O)c1ncncc1Cl)c1coc(-c2ccccc2)n1. The second-order valence-corrected chi connectivity index (χ2v) is 6.60. The van der Waals surface area contributed by atoms with E-state index in [9.17, 15) is 4.79 Å². The van der Waals surface area contributed by atoms with Gasteiger partial charge < -0.3 is 9.73 Å². The molecule has 1 amide bonds. The number of hydrogen-bond acceptors (Lipinski definition) is 5. The van der Waals surface area contributed by atoms with E-state index in [2.05, 4.69) is 20.3 Å². The molecule has 1 aromatic carbocycles. The lowest BCUT2D eigenvalue weighted by atomic mass is 9.90. The second kappa shape index (κ2) is 7.03. The van der Waals surface area contributed by atoms with Gasteiger partial charge in [-0.15, -0.1) is 0 Å². The summed E-state index contributed by atoms with van der Waals surface area (Å²) in [5.41, 5.74) is 1.38. The molecule has 0 aliphatic rings. The van der Waals surface area contributed by atoms with Gasteiger partial charge in [-0.1, -0.05) is 43.6 Å². The number of amides is 1. The Bertz CT molecular complexity index is 878. The lowest BCUT2D eigenvalue weighted by Crippen LogP contribution is -2.37. The molecule has 128 valence electrons. The van der Waals surface area contributed by atoms with Crippen LogP contribution in [0.2, 0.25) is 5.02 Å². The summed E-state index contributed by atoms with van der Waals surface area (Å²) >= 11 is 5.94. The summed E-state index contributed by atoms with van der Waals surface area (Å²) in [6, 6.07) is 9.65. The van der Waals surface area contributed by atoms with Crippen LogP contribution in [-0.4, -0.2) is 27.4 Å². The summed E-state index contributed by atoms with van der Waals surface area (Å²) in [5, 5.41) is 3.05. The zero-order valence-electron chi connectivity index (χ0n) is 13.9. The molecule has 0 unspecified atom stereocenters. The first kappa shape index (κ1) is 17.1. The van der Waals surface area contributed by atoms with E-state index in [0.29, 0.717) is 12.4 Å². The van der Waals surface area contributed by atoms with Crippen LogP contribution >= 0.6 is 11.6 Å². The number of carbonyl (C=O) groups excluding carboxylic acids is 1. The molecule has 0 bridgehead atoms. The Kier molecular flexibility index (Phi) is 4.81. The Morgan fingerprint density at radius 3 is 2.76 bits per heavy atom. The minimum atomic E-state index is -0.425. The molecule has 3 aromatic rings. The molecule has 0 aliphatic carbocycles. The molecule has 3 rings (SSSR count). The predicted molar refractivity (Wildman–Crippen MR) is 94.3 cm³/mol. The first-order valence-electron chi connectivity index (χ1n) is 7.72. The highest BCUT2D eigenvalue weighted by molar-refractivity contribution is 6.33. The maximum absolute atomic E-state index is 12.2. The quantitative estimate of drug-likeness (QED) is 0.756. The number of halogens is 1. The van der Waals surface area contributed by atoms with Crippen molar-refractivity contribution in [1.29, 1.82) is 0 Å². The van der Waals surface area contributed by atoms with Crippen molar-refractivity contribution in [3.8, 4) is 11.5 Å². The van der Waals surface area contributed by atoms with Crippen LogP contribution in [0.15, 0.2) is 53.5 Å². The summed E-state index contributed by atoms with van der Waals surface area (Å²) in [7, 11) is 0. The van der Waals surface area contributed by atoms with E-state index in [4.69, 9.17) is 16.0 Å². The Morgan fingerprint density at radius 2 is 2.04 bits per heavy atom. The van der Waals surface area contributed by atoms with Crippen LogP contribution in [0.3, 0.4) is 0 Å². The fraction of sp³-hybridized carbons (Fsp3) is 0.222. The molecule has 0 spiro atoms. The van der Waals surface area contributed by atoms with Gasteiger partial charge >= 0.3 is 0 Å². The first-order valence-corrected chi connectivity index (χ1v) is 8.10. The molecule has 6 nitrogen and oxygen atoms in total. The van der Waals surface area contributed by atoms with Crippen LogP contribution in [-0.2, 0) is 5.41 Å². The summed E-state index contributed by atoms with van der Waals surface area (Å²) < 4.78 is 5.58. The number of nitrogens with one attached hydrogen (secondary N) is 1. The molecular weight excluding hydrogens is 340 g/mol. The summed E-state index contributed by atoms with van der Waals surface area (Å²) in [5.74, 6) is 0.195. The third-order valence-corrected chi connectivity index (χ3v) is 4.07. The highest BCUT2D eigenvalue weighted by Gasteiger charge is 2.26. The van der Waals surface area contributed by atoms with E-state index in [1.54, 1.807) is 6.26 Å². The monoisotopic (exact) mass is 356 g/mol. The minimum absolute atomic E-state index is 0.151. The second-order valence-electron chi connectivity index (χ2n) is 6.19. The van der Waals surface area contributed by atoms with Gasteiger partial charge in [-0.2, -0.15) is 0 Å². The van der Waals surface area contributed by atoms with E-state index in [1.807, 2.05) is 44.2 Å². The molecule has 0 radical (unpaired) electrons. The van der Waals surface area contributed by atoms with Gasteiger partial charge in [0.05, 0.1) is 10.7 Å². The van der Waals surface area contributed by atoms with E-state index >= 15 is 0 Å². The van der Waals surface area contributed by atoms with Gasteiger partial charge in [0.25, 0.3) is 5.91 Å². The Balaban J connectivity index is 1.71. The first-order chi connectivity index (χ1) is 12.0. The van der Waals surface area contributed by atoms with Crippen molar-refractivity contribution in [1.82, 2.24) is 20.3 Å². The standard InChI is InChI=1S/C18H17ClN4O2/c1-18(2,10-21-16(24)15-13(19)8-20-11-22-15)14-9-25-17(23-14)12-6-4-3-5-7-12/h3-9,11H,10H2,1-2H3,(H,21,24). The fourth-order valence-corrected chi connectivity index (χ4v) is 2.44. The van der Waals surface area contributed by atoms with Crippen LogP contribution in [0.25, 0.3) is 11.5 Å². The third-order valence-electron chi connectivity index (χ3n) is 3.79. The van der Waals surface area contributed by atoms with Crippen molar-refractivity contribution in [2.24, 2.45) is 0 Å². The maximum Gasteiger partial charge on any atom is 0.271 e. The van der Waals surface area contributed by atoms with Crippen molar-refractivity contribution in [2.45, 2.75) is 19.3 Å². The van der Waals surface area contributed by atoms with Crippen molar-refractivity contribution >= 4 is 17.5 Å². The van der Waals surface area contributed by atoms with Crippen LogP contribution < -0.4 is 5.32 Å². The third kappa shape index (κ3) is 3.85. The van der Waals surface area contributed by atoms with Crippen LogP contribution in [0.4, 0.5) is 0 Å². The molecule has 0 saturated heterocycles. The molecule has 0 aliphatic heterocycles. The molecule has 2 heterocycles. The molecular formula is C18H17ClN4O2. The number of rotatable bonds is 5. The number of nitrogens with zero attached hydrogens (tertiary/aromatic N) is 3. The number of aromatic nitrogens is 3. The average molecular weight is 357 g/mol. The van der Waals surface area contributed by atoms with E-state index < -0.39 is 5.41 Å². The summed E-state index contributed by atoms with van der Waals surface area (Å²) in [6.45, 7) is 4.30. The minimum Gasteiger partial charge on any atom is -0.444 e. The number of carbonyl (C=O) groups is 1. The van der Waals surface area contributed by atoms with Gasteiger partial charge in [0.2, 0.25) is 5.89 Å². The van der Waals surface area contributed by atoms with Crippen LogP contribution in [0.1, 0.15) is 30.0 Å². The van der Waals surface area contributed by atoms with Gasteiger partial charge in [-0.3, -0.25) is 4.79 Å². The molecule has 0 saturated carbocycles. The van der Waals surface area contributed by atoms with Crippen molar-refractivity contribution in [3.63, 3.8) is 0 Å². The van der Waals surface area contributed by atoms with E-state index in [1.165, 1.54) is 12.5 Å². The predicted octanol–water partition coefficient (Wildman–Crippen LogP) is 3.49. The summed E-state index contributed by atoms with van der Waals surface area (Å²) in [4.78, 5) is 24.5. The Morgan fingerprint density at radius 1 is 1.28 bits per heavy atom. The smallest absolute Gasteiger partial charge is 0.271 e. The highest BCUT2D eigenvalue weighted by Crippen LogP contribution is 2.26. The zero-order valence-corrected chi connectivity index (χ0v) is 14.6. The van der Waals surface area contributed by atoms with Crippen LogP contribution in [0, 0.1) is 0 Å². The molecule has 2 aromatic heterocycles. The highest BCUT2D eigenvalue weighted by atomic mass is 35.5. The molecule has 1 N–H and O–H groups in total. The topological polar surface area (TPSA) is 80.9 Å². The fourth-order valence-electron chi connectivity index (χ4n) is 2.25. The summed E-state index contributed by atoms with van der Waals surface area (Å²) in [6.07, 6.45) is 4.29. The molecule has 0 fully saturated rings. The average Bonchev–Trinajstić information content (AvgIpc) is 3.12. The molecule has 7 heteroatoms. The van der Waals surface area contributed by atoms with E-state index in [-0.39, 0.29) is 16.6 Å². The van der Waals surface area contributed by atoms with Crippen molar-refractivity contribution < 1.29 is 9.21 Å². The van der Waals surface area contributed by atoms with Crippen LogP contribution in [0.5, 0.6) is 0 Å². The van der Waals surface area contributed by atoms with Gasteiger partial charge in [0.15, 0.2) is 0 Å². The number of oxazole rings is 1. The van der Waals surface area contributed by atoms with Crippen molar-refractivity contribution in [2.75, 3.05) is 6.54 Å². The normalized spacial score (nSPS) is 11.3. The number of hydrogen-bond donors (Lipinski definition) is 1. The van der Waals surface area contributed by atoms with Crippen molar-refractivity contribution in [3.05, 3.63) is 65.5 Å². The molecule has 25 heavy (non-hydrogen) atoms. The van der Waals surface area contributed by atoms with Gasteiger partial charge in [0, 0.05) is 23.7 Å². The Labute approximate surface area is 150 Å². The lowest BCUT2D eigenvalue weighted by Gasteiger charge is -2.22. The van der Waals surface area contributed by atoms with Gasteiger partial charge in [-0.05, 0) is 12.1 Å². The maximum atomic E-state index is 12.2. The zero-order chi connectivity index (χ0) is 17.9. The largest absolute Gasteiger partial charge is 0.444 e. The molecule has 0 atom stereocenters. The van der Waals surface area contributed by atoms with E-state index in [0.717, 1.165) is 11.3 Å². The van der Waals surface area contributed by atoms with Gasteiger partial charge in [-0.25, -0.2) is 15.0 Å².